The highest BCUT2D eigenvalue weighted by atomic mass is 16.8. The van der Waals surface area contributed by atoms with Crippen molar-refractivity contribution >= 4 is 17.8 Å². The van der Waals surface area contributed by atoms with Crippen LogP contribution < -0.4 is 10.6 Å². The van der Waals surface area contributed by atoms with Crippen molar-refractivity contribution in [1.82, 2.24) is 10.6 Å². The molecule has 2 amide bonds. The monoisotopic (exact) mass is 1220 g/mol. The van der Waals surface area contributed by atoms with E-state index in [0.717, 1.165) is 51.9 Å². The molecule has 3 heterocycles. The first-order chi connectivity index (χ1) is 40.9. The number of amides is 2. The molecule has 0 saturated carbocycles. The summed E-state index contributed by atoms with van der Waals surface area (Å²) >= 11 is 0. The van der Waals surface area contributed by atoms with E-state index in [0.29, 0.717) is 12.8 Å². The lowest BCUT2D eigenvalue weighted by Gasteiger charge is -2.50. The Kier molecular flexibility index (Phi) is 39.7. The third-order valence-corrected chi connectivity index (χ3v) is 16.7. The second kappa shape index (κ2) is 44.0. The molecule has 0 aliphatic carbocycles. The second-order valence-electron chi connectivity index (χ2n) is 24.0. The van der Waals surface area contributed by atoms with Gasteiger partial charge >= 0.3 is 5.97 Å². The maximum absolute atomic E-state index is 13.4. The van der Waals surface area contributed by atoms with Gasteiger partial charge in [0.05, 0.1) is 50.7 Å². The normalized spacial score (nSPS) is 29.6. The fourth-order valence-electron chi connectivity index (χ4n) is 11.5. The smallest absolute Gasteiger partial charge is 0.364 e. The summed E-state index contributed by atoms with van der Waals surface area (Å²) in [5.74, 6) is -6.14. The molecule has 0 bridgehead atoms. The minimum absolute atomic E-state index is 0.204. The van der Waals surface area contributed by atoms with Crippen LogP contribution in [0.5, 0.6) is 0 Å². The average molecular weight is 1220 g/mol. The van der Waals surface area contributed by atoms with Crippen LogP contribution in [0.4, 0.5) is 0 Å². The van der Waals surface area contributed by atoms with Crippen LogP contribution >= 0.6 is 0 Å². The first kappa shape index (κ1) is 76.7. The van der Waals surface area contributed by atoms with Crippen molar-refractivity contribution in [2.75, 3.05) is 26.4 Å². The number of hydrogen-bond acceptors (Lipinski definition) is 20. The van der Waals surface area contributed by atoms with Gasteiger partial charge in [-0.2, -0.15) is 0 Å². The van der Waals surface area contributed by atoms with Gasteiger partial charge in [0.25, 0.3) is 5.79 Å². The van der Waals surface area contributed by atoms with Crippen LogP contribution in [0.15, 0.2) is 12.2 Å². The molecule has 3 saturated heterocycles. The predicted octanol–water partition coefficient (Wildman–Crippen LogP) is 4.34. The number of aliphatic hydroxyl groups excluding tert-OH is 11. The number of rotatable bonds is 48. The van der Waals surface area contributed by atoms with Gasteiger partial charge in [-0.15, -0.1) is 0 Å². The number of unbranched alkanes of at least 4 members (excludes halogenated alkanes) is 28. The summed E-state index contributed by atoms with van der Waals surface area (Å²) < 4.78 is 34.7. The van der Waals surface area contributed by atoms with E-state index in [1.54, 1.807) is 6.08 Å². The zero-order chi connectivity index (χ0) is 62.6. The van der Waals surface area contributed by atoms with Crippen molar-refractivity contribution in [2.24, 2.45) is 0 Å². The summed E-state index contributed by atoms with van der Waals surface area (Å²) in [4.78, 5) is 38.4. The van der Waals surface area contributed by atoms with Crippen LogP contribution in [0.25, 0.3) is 0 Å². The van der Waals surface area contributed by atoms with Gasteiger partial charge in [0.15, 0.2) is 12.6 Å². The molecule has 18 atom stereocenters. The van der Waals surface area contributed by atoms with Crippen LogP contribution in [-0.2, 0) is 42.8 Å². The molecule has 14 N–H and O–H groups in total. The van der Waals surface area contributed by atoms with Crippen LogP contribution in [0.3, 0.4) is 0 Å². The van der Waals surface area contributed by atoms with Crippen molar-refractivity contribution in [1.29, 1.82) is 0 Å². The first-order valence-corrected chi connectivity index (χ1v) is 32.6. The van der Waals surface area contributed by atoms with Gasteiger partial charge in [-0.1, -0.05) is 199 Å². The molecule has 498 valence electrons. The number of aliphatic hydroxyl groups is 11. The molecule has 3 rings (SSSR count). The summed E-state index contributed by atoms with van der Waals surface area (Å²) in [6.07, 6.45) is 9.79. The molecular weight excluding hydrogens is 1110 g/mol. The molecule has 0 spiro atoms. The maximum Gasteiger partial charge on any atom is 0.364 e. The highest BCUT2D eigenvalue weighted by Crippen LogP contribution is 2.38. The summed E-state index contributed by atoms with van der Waals surface area (Å²) in [5.41, 5.74) is 0. The lowest BCUT2D eigenvalue weighted by molar-refractivity contribution is -0.386. The molecule has 3 aliphatic heterocycles. The molecular formula is C62H114N2O21. The number of allylic oxidation sites excluding steroid dienone is 1. The zero-order valence-corrected chi connectivity index (χ0v) is 51.5. The fraction of sp³-hybridized carbons (Fsp3) is 0.919. The van der Waals surface area contributed by atoms with Crippen molar-refractivity contribution in [3.8, 4) is 0 Å². The van der Waals surface area contributed by atoms with Crippen LogP contribution in [0.1, 0.15) is 226 Å². The lowest BCUT2D eigenvalue weighted by Crippen LogP contribution is -2.70. The number of nitrogens with one attached hydrogen (secondary N) is 2. The maximum atomic E-state index is 13.4. The molecule has 3 aliphatic rings. The molecule has 0 aromatic heterocycles. The van der Waals surface area contributed by atoms with E-state index in [2.05, 4.69) is 24.5 Å². The molecule has 0 aromatic carbocycles. The summed E-state index contributed by atoms with van der Waals surface area (Å²) in [6.45, 7) is 2.12. The molecule has 3 fully saturated rings. The lowest BCUT2D eigenvalue weighted by atomic mass is 9.88. The largest absolute Gasteiger partial charge is 0.477 e. The van der Waals surface area contributed by atoms with E-state index in [1.807, 2.05) is 6.08 Å². The molecule has 0 radical (unpaired) electrons. The molecule has 23 heteroatoms. The van der Waals surface area contributed by atoms with Gasteiger partial charge in [-0.3, -0.25) is 9.59 Å². The van der Waals surface area contributed by atoms with Gasteiger partial charge in [-0.25, -0.2) is 4.79 Å². The van der Waals surface area contributed by atoms with Gasteiger partial charge < -0.3 is 100 Å². The Morgan fingerprint density at radius 3 is 1.56 bits per heavy atom. The molecule has 23 nitrogen and oxygen atoms in total. The van der Waals surface area contributed by atoms with Gasteiger partial charge in [-0.05, 0) is 19.3 Å². The summed E-state index contributed by atoms with van der Waals surface area (Å²) in [7, 11) is 0. The van der Waals surface area contributed by atoms with E-state index >= 15 is 0 Å². The van der Waals surface area contributed by atoms with Crippen molar-refractivity contribution in [3.63, 3.8) is 0 Å². The zero-order valence-electron chi connectivity index (χ0n) is 51.5. The van der Waals surface area contributed by atoms with E-state index in [1.165, 1.54) is 135 Å². The molecule has 0 aromatic rings. The highest BCUT2D eigenvalue weighted by molar-refractivity contribution is 5.77. The summed E-state index contributed by atoms with van der Waals surface area (Å²) in [5, 5.41) is 136. The van der Waals surface area contributed by atoms with Gasteiger partial charge in [0.1, 0.15) is 67.1 Å². The minimum atomic E-state index is -3.08. The SMILES string of the molecule is CCCCCCCCCCCCCCCCCC/C=C/C(O)C(COC1OC(CO)C(OC2OC(CO)C(O)C(OC3(C(=O)O)CC(O)C(NC(C)=O)C(C(O)C(O)CO)O3)C2O)C(O)C1O)NC(=O)CCCCCCCCCCCCCCC. The Hall–Kier alpha value is -2.53. The molecule has 18 unspecified atom stereocenters. The van der Waals surface area contributed by atoms with E-state index in [-0.39, 0.29) is 12.3 Å². The van der Waals surface area contributed by atoms with Crippen LogP contribution in [0, 0.1) is 0 Å². The fourth-order valence-corrected chi connectivity index (χ4v) is 11.5. The Bertz CT molecular complexity index is 1790. The quantitative estimate of drug-likeness (QED) is 0.0298. The van der Waals surface area contributed by atoms with E-state index < -0.39 is 155 Å². The summed E-state index contributed by atoms with van der Waals surface area (Å²) in [6, 6.07) is -2.61. The van der Waals surface area contributed by atoms with Gasteiger partial charge in [0, 0.05) is 19.8 Å². The number of aliphatic carboxylic acids is 1. The van der Waals surface area contributed by atoms with E-state index in [9.17, 15) is 75.7 Å². The second-order valence-corrected chi connectivity index (χ2v) is 24.0. The molecule has 85 heavy (non-hydrogen) atoms. The van der Waals surface area contributed by atoms with Crippen molar-refractivity contribution in [3.05, 3.63) is 12.2 Å². The predicted molar refractivity (Wildman–Crippen MR) is 315 cm³/mol. The van der Waals surface area contributed by atoms with Crippen LogP contribution in [0.2, 0.25) is 0 Å². The number of hydrogen-bond donors (Lipinski definition) is 14. The standard InChI is InChI=1S/C62H114N2O21/c1-4-6-8-10-12-14-16-18-19-20-21-22-24-25-27-29-31-33-35-44(69)43(64-49(72)36-34-32-30-28-26-23-17-15-13-11-9-7-5-2)41-80-59-54(76)53(75)56(48(40-67)82-59)83-60-55(77)58(52(74)47(39-66)81-60)85-62(61(78)79)37-45(70)50(63-42(3)68)57(84-62)51(73)46(71)38-65/h33,35,43-48,50-60,65-67,69-71,73-77H,4-32,34,36-41H2,1-3H3,(H,63,68)(H,64,72)(H,78,79)/b35-33+. The number of carboxylic acid groups (broad SMARTS) is 1. The Balaban J connectivity index is 1.64. The van der Waals surface area contributed by atoms with Crippen molar-refractivity contribution < 1.29 is 104 Å². The van der Waals surface area contributed by atoms with Crippen LogP contribution in [-0.4, -0.2) is 215 Å². The third kappa shape index (κ3) is 27.6. The van der Waals surface area contributed by atoms with E-state index in [4.69, 9.17) is 28.4 Å². The number of ether oxygens (including phenoxy) is 6. The number of carbonyl (C=O) groups excluding carboxylic acids is 2. The third-order valence-electron chi connectivity index (χ3n) is 16.7. The Morgan fingerprint density at radius 2 is 1.09 bits per heavy atom. The Morgan fingerprint density at radius 1 is 0.612 bits per heavy atom. The highest BCUT2D eigenvalue weighted by Gasteiger charge is 2.60. The minimum Gasteiger partial charge on any atom is -0.477 e. The van der Waals surface area contributed by atoms with Gasteiger partial charge in [0.2, 0.25) is 11.8 Å². The topological polar surface area (TPSA) is 373 Å². The number of carboxylic acids is 1. The first-order valence-electron chi connectivity index (χ1n) is 32.6. The van der Waals surface area contributed by atoms with Crippen molar-refractivity contribution in [2.45, 2.75) is 336 Å². The number of carbonyl (C=O) groups is 3. The Labute approximate surface area is 505 Å². The average Bonchev–Trinajstić information content (AvgIpc) is 1.29.